The maximum absolute atomic E-state index is 13.3. The van der Waals surface area contributed by atoms with Crippen molar-refractivity contribution >= 4 is 33.0 Å². The average molecular weight is 506 g/mol. The minimum atomic E-state index is -3.59. The molecule has 4 saturated carbocycles. The second-order valence-corrected chi connectivity index (χ2v) is 13.4. The molecule has 5 fully saturated rings. The van der Waals surface area contributed by atoms with Gasteiger partial charge in [0.25, 0.3) is 15.9 Å². The summed E-state index contributed by atoms with van der Waals surface area (Å²) in [6.45, 7) is 0.639. The van der Waals surface area contributed by atoms with Crippen LogP contribution in [0.1, 0.15) is 49.0 Å². The topological polar surface area (TPSA) is 119 Å². The summed E-state index contributed by atoms with van der Waals surface area (Å²) in [4.78, 5) is 26.2. The molecule has 0 atom stereocenters. The van der Waals surface area contributed by atoms with Crippen LogP contribution in [0, 0.1) is 27.9 Å². The van der Waals surface area contributed by atoms with Gasteiger partial charge in [0, 0.05) is 26.2 Å². The van der Waals surface area contributed by atoms with Gasteiger partial charge in [0.15, 0.2) is 0 Å². The van der Waals surface area contributed by atoms with Crippen molar-refractivity contribution in [2.45, 2.75) is 48.3 Å². The summed E-state index contributed by atoms with van der Waals surface area (Å²) in [5, 5.41) is 18.1. The molecule has 2 aromatic rings. The first kappa shape index (κ1) is 22.2. The number of piperazine rings is 1. The van der Waals surface area contributed by atoms with Crippen LogP contribution in [0.2, 0.25) is 0 Å². The molecule has 3 heterocycles. The maximum Gasteiger partial charge on any atom is 0.320 e. The zero-order valence-corrected chi connectivity index (χ0v) is 20.3. The van der Waals surface area contributed by atoms with Crippen molar-refractivity contribution in [2.75, 3.05) is 26.2 Å². The second kappa shape index (κ2) is 7.85. The first-order chi connectivity index (χ1) is 16.2. The van der Waals surface area contributed by atoms with Gasteiger partial charge in [0.1, 0.15) is 10.4 Å². The van der Waals surface area contributed by atoms with Crippen LogP contribution >= 0.6 is 11.3 Å². The monoisotopic (exact) mass is 505 g/mol. The molecule has 2 aromatic heterocycles. The Morgan fingerprint density at radius 1 is 1.09 bits per heavy atom. The Kier molecular flexibility index (Phi) is 5.12. The van der Waals surface area contributed by atoms with Gasteiger partial charge in [-0.3, -0.25) is 19.6 Å². The number of hydrogen-bond donors (Lipinski definition) is 0. The molecule has 0 unspecified atom stereocenters. The van der Waals surface area contributed by atoms with Crippen LogP contribution < -0.4 is 0 Å². The smallest absolute Gasteiger partial charge is 0.320 e. The van der Waals surface area contributed by atoms with Gasteiger partial charge in [-0.25, -0.2) is 8.42 Å². The lowest BCUT2D eigenvalue weighted by Gasteiger charge is -2.56. The molecule has 4 aliphatic carbocycles. The summed E-state index contributed by atoms with van der Waals surface area (Å²) >= 11 is 1.16. The first-order valence-corrected chi connectivity index (χ1v) is 14.1. The van der Waals surface area contributed by atoms with Crippen molar-refractivity contribution in [3.8, 4) is 0 Å². The molecule has 7 rings (SSSR count). The second-order valence-electron chi connectivity index (χ2n) is 10.3. The standard InChI is InChI=1S/C22H27N5O5S2/c28-21(24-3-5-25(6-4-24)34(31,32)19-2-1-7-33-19)20-18(27(29)30)14-26(23-20)22-11-15-8-16(12-22)10-17(9-15)13-22/h1-2,7,14-17H,3-6,8-13H2. The van der Waals surface area contributed by atoms with E-state index in [1.54, 1.807) is 22.2 Å². The minimum absolute atomic E-state index is 0.129. The minimum Gasteiger partial charge on any atom is -0.334 e. The third-order valence-electron chi connectivity index (χ3n) is 8.20. The number of aromatic nitrogens is 2. The number of nitrogens with zero attached hydrogens (tertiary/aromatic N) is 5. The number of carbonyl (C=O) groups excluding carboxylic acids is 1. The number of hydrogen-bond acceptors (Lipinski definition) is 7. The van der Waals surface area contributed by atoms with Gasteiger partial charge < -0.3 is 4.90 Å². The summed E-state index contributed by atoms with van der Waals surface area (Å²) in [5.74, 6) is 1.44. The van der Waals surface area contributed by atoms with Crippen LogP contribution in [0.4, 0.5) is 5.69 Å². The Morgan fingerprint density at radius 2 is 1.71 bits per heavy atom. The van der Waals surface area contributed by atoms with Gasteiger partial charge in [-0.15, -0.1) is 11.3 Å². The summed E-state index contributed by atoms with van der Waals surface area (Å²) in [5.41, 5.74) is -0.601. The fourth-order valence-electron chi connectivity index (χ4n) is 7.06. The van der Waals surface area contributed by atoms with E-state index in [1.807, 2.05) is 0 Å². The third kappa shape index (κ3) is 3.49. The van der Waals surface area contributed by atoms with E-state index in [2.05, 4.69) is 5.10 Å². The van der Waals surface area contributed by atoms with Crippen molar-refractivity contribution in [2.24, 2.45) is 17.8 Å². The van der Waals surface area contributed by atoms with E-state index in [4.69, 9.17) is 0 Å². The van der Waals surface area contributed by atoms with E-state index in [1.165, 1.54) is 34.7 Å². The third-order valence-corrected chi connectivity index (χ3v) is 11.5. The van der Waals surface area contributed by atoms with Gasteiger partial charge >= 0.3 is 5.69 Å². The van der Waals surface area contributed by atoms with E-state index in [9.17, 15) is 23.3 Å². The Balaban J connectivity index is 1.23. The Morgan fingerprint density at radius 3 is 2.24 bits per heavy atom. The van der Waals surface area contributed by atoms with Crippen LogP contribution in [-0.2, 0) is 15.6 Å². The van der Waals surface area contributed by atoms with E-state index in [0.717, 1.165) is 30.6 Å². The molecule has 0 N–H and O–H groups in total. The highest BCUT2D eigenvalue weighted by atomic mass is 32.2. The number of thiophene rings is 1. The van der Waals surface area contributed by atoms with Crippen molar-refractivity contribution in [1.29, 1.82) is 0 Å². The van der Waals surface area contributed by atoms with E-state index in [0.29, 0.717) is 17.8 Å². The molecule has 0 aromatic carbocycles. The van der Waals surface area contributed by atoms with Crippen molar-refractivity contribution < 1.29 is 18.1 Å². The van der Waals surface area contributed by atoms with Crippen molar-refractivity contribution in [1.82, 2.24) is 19.0 Å². The number of rotatable bonds is 5. The average Bonchev–Trinajstić information content (AvgIpc) is 3.49. The van der Waals surface area contributed by atoms with E-state index in [-0.39, 0.29) is 47.3 Å². The molecule has 1 saturated heterocycles. The van der Waals surface area contributed by atoms with Crippen LogP contribution in [0.3, 0.4) is 0 Å². The Labute approximate surface area is 201 Å². The molecule has 182 valence electrons. The molecule has 10 nitrogen and oxygen atoms in total. The summed E-state index contributed by atoms with van der Waals surface area (Å²) in [6.07, 6.45) is 8.13. The summed E-state index contributed by atoms with van der Waals surface area (Å²) in [6, 6.07) is 3.26. The highest BCUT2D eigenvalue weighted by Crippen LogP contribution is 2.58. The molecule has 5 aliphatic rings. The predicted octanol–water partition coefficient (Wildman–Crippen LogP) is 2.92. The van der Waals surface area contributed by atoms with Crippen LogP contribution in [0.15, 0.2) is 27.9 Å². The summed E-state index contributed by atoms with van der Waals surface area (Å²) < 4.78 is 28.9. The lowest BCUT2D eigenvalue weighted by Crippen LogP contribution is -2.52. The maximum atomic E-state index is 13.3. The molecule has 12 heteroatoms. The Hall–Kier alpha value is -2.31. The fraction of sp³-hybridized carbons (Fsp3) is 0.636. The largest absolute Gasteiger partial charge is 0.334 e. The molecule has 1 amide bonds. The van der Waals surface area contributed by atoms with Gasteiger partial charge in [0.2, 0.25) is 5.69 Å². The zero-order valence-electron chi connectivity index (χ0n) is 18.7. The number of carbonyl (C=O) groups is 1. The molecular formula is C22H27N5O5S2. The fourth-order valence-corrected chi connectivity index (χ4v) is 9.62. The highest BCUT2D eigenvalue weighted by Gasteiger charge is 2.53. The van der Waals surface area contributed by atoms with Crippen molar-refractivity contribution in [3.63, 3.8) is 0 Å². The van der Waals surface area contributed by atoms with Crippen molar-refractivity contribution in [3.05, 3.63) is 39.5 Å². The number of amides is 1. The quantitative estimate of drug-likeness (QED) is 0.455. The SMILES string of the molecule is O=C(c1nn(C23CC4CC(CC(C4)C2)C3)cc1[N+](=O)[O-])N1CCN(S(=O)(=O)c2cccs2)CC1. The zero-order chi connectivity index (χ0) is 23.7. The van der Waals surface area contributed by atoms with E-state index < -0.39 is 20.9 Å². The van der Waals surface area contributed by atoms with Gasteiger partial charge in [-0.05, 0) is 67.7 Å². The van der Waals surface area contributed by atoms with Crippen LogP contribution in [0.25, 0.3) is 0 Å². The molecular weight excluding hydrogens is 478 g/mol. The van der Waals surface area contributed by atoms with Gasteiger partial charge in [0.05, 0.1) is 10.5 Å². The molecule has 0 spiro atoms. The van der Waals surface area contributed by atoms with Gasteiger partial charge in [-0.1, -0.05) is 6.07 Å². The van der Waals surface area contributed by atoms with Crippen LogP contribution in [-0.4, -0.2) is 64.4 Å². The highest BCUT2D eigenvalue weighted by molar-refractivity contribution is 7.91. The number of sulfonamides is 1. The summed E-state index contributed by atoms with van der Waals surface area (Å²) in [7, 11) is -3.59. The number of nitro groups is 1. The molecule has 4 bridgehead atoms. The lowest BCUT2D eigenvalue weighted by atomic mass is 9.53. The van der Waals surface area contributed by atoms with E-state index >= 15 is 0 Å². The lowest BCUT2D eigenvalue weighted by molar-refractivity contribution is -0.385. The predicted molar refractivity (Wildman–Crippen MR) is 124 cm³/mol. The van der Waals surface area contributed by atoms with Crippen LogP contribution in [0.5, 0.6) is 0 Å². The normalized spacial score (nSPS) is 31.2. The molecule has 34 heavy (non-hydrogen) atoms. The Bertz CT molecular complexity index is 1200. The molecule has 0 radical (unpaired) electrons. The first-order valence-electron chi connectivity index (χ1n) is 11.8. The van der Waals surface area contributed by atoms with Gasteiger partial charge in [-0.2, -0.15) is 9.40 Å². The molecule has 1 aliphatic heterocycles.